The normalized spacial score (nSPS) is 10.9. The predicted molar refractivity (Wildman–Crippen MR) is 114 cm³/mol. The average molecular weight is 392 g/mol. The van der Waals surface area contributed by atoms with Crippen molar-refractivity contribution in [1.29, 1.82) is 0 Å². The monoisotopic (exact) mass is 392 g/mol. The number of aromatic amines is 1. The number of hydrogen-bond acceptors (Lipinski definition) is 6. The third-order valence-electron chi connectivity index (χ3n) is 4.17. The molecule has 0 aliphatic heterocycles. The molecule has 0 radical (unpaired) electrons. The summed E-state index contributed by atoms with van der Waals surface area (Å²) in [7, 11) is 0. The molecule has 2 aromatic carbocycles. The molecule has 0 aliphatic rings. The maximum atomic E-state index is 11.5. The molecule has 150 valence electrons. The molecule has 0 saturated heterocycles. The van der Waals surface area contributed by atoms with E-state index in [9.17, 15) is 4.79 Å². The maximum Gasteiger partial charge on any atom is 0.252 e. The van der Waals surface area contributed by atoms with E-state index >= 15 is 0 Å². The Bertz CT molecular complexity index is 1060. The molecule has 3 aromatic rings. The second-order valence-corrected chi connectivity index (χ2v) is 6.46. The average Bonchev–Trinajstić information content (AvgIpc) is 2.68. The van der Waals surface area contributed by atoms with Crippen LogP contribution in [0.5, 0.6) is 11.5 Å². The molecule has 2 N–H and O–H groups in total. The lowest BCUT2D eigenvalue weighted by Crippen LogP contribution is -2.10. The SMILES string of the molecule is CCOc1cc(/C=N/Nc2nc(C)cc(=O)[nH]2)ccc1OCc1ccccc1C. The van der Waals surface area contributed by atoms with Gasteiger partial charge in [0, 0.05) is 11.8 Å². The minimum absolute atomic E-state index is 0.232. The van der Waals surface area contributed by atoms with Crippen LogP contribution in [0.2, 0.25) is 0 Å². The lowest BCUT2D eigenvalue weighted by atomic mass is 10.1. The van der Waals surface area contributed by atoms with Gasteiger partial charge in [-0.15, -0.1) is 0 Å². The topological polar surface area (TPSA) is 88.6 Å². The van der Waals surface area contributed by atoms with Gasteiger partial charge in [-0.2, -0.15) is 5.10 Å². The van der Waals surface area contributed by atoms with E-state index in [1.807, 2.05) is 43.3 Å². The quantitative estimate of drug-likeness (QED) is 0.449. The van der Waals surface area contributed by atoms with Crippen molar-refractivity contribution in [3.63, 3.8) is 0 Å². The van der Waals surface area contributed by atoms with Gasteiger partial charge < -0.3 is 9.47 Å². The van der Waals surface area contributed by atoms with Gasteiger partial charge in [-0.25, -0.2) is 10.4 Å². The molecule has 3 rings (SSSR count). The van der Waals surface area contributed by atoms with E-state index < -0.39 is 0 Å². The van der Waals surface area contributed by atoms with Crippen molar-refractivity contribution < 1.29 is 9.47 Å². The van der Waals surface area contributed by atoms with E-state index in [0.29, 0.717) is 30.4 Å². The highest BCUT2D eigenvalue weighted by Gasteiger charge is 2.07. The second kappa shape index (κ2) is 9.54. The fourth-order valence-electron chi connectivity index (χ4n) is 2.72. The highest BCUT2D eigenvalue weighted by molar-refractivity contribution is 5.81. The Labute approximate surface area is 169 Å². The van der Waals surface area contributed by atoms with Crippen molar-refractivity contribution in [2.45, 2.75) is 27.4 Å². The Kier molecular flexibility index (Phi) is 6.63. The van der Waals surface area contributed by atoms with Gasteiger partial charge in [0.1, 0.15) is 6.61 Å². The molecule has 0 fully saturated rings. The minimum Gasteiger partial charge on any atom is -0.490 e. The summed E-state index contributed by atoms with van der Waals surface area (Å²) in [6, 6.07) is 15.1. The number of hydrazone groups is 1. The van der Waals surface area contributed by atoms with Crippen LogP contribution >= 0.6 is 0 Å². The first-order valence-electron chi connectivity index (χ1n) is 9.36. The molecule has 1 heterocycles. The number of aryl methyl sites for hydroxylation is 2. The smallest absolute Gasteiger partial charge is 0.252 e. The van der Waals surface area contributed by atoms with E-state index in [-0.39, 0.29) is 11.5 Å². The van der Waals surface area contributed by atoms with Crippen LogP contribution in [0, 0.1) is 13.8 Å². The van der Waals surface area contributed by atoms with Crippen LogP contribution in [0.1, 0.15) is 29.3 Å². The number of nitrogens with zero attached hydrogens (tertiary/aromatic N) is 2. The van der Waals surface area contributed by atoms with Crippen LogP contribution in [0.15, 0.2) is 58.4 Å². The zero-order valence-corrected chi connectivity index (χ0v) is 16.7. The summed E-state index contributed by atoms with van der Waals surface area (Å²) < 4.78 is 11.7. The summed E-state index contributed by atoms with van der Waals surface area (Å²) in [6.45, 7) is 6.72. The fraction of sp³-hybridized carbons (Fsp3) is 0.227. The molecule has 7 heteroatoms. The van der Waals surface area contributed by atoms with Gasteiger partial charge in [0.05, 0.1) is 12.8 Å². The summed E-state index contributed by atoms with van der Waals surface area (Å²) in [5.74, 6) is 1.60. The van der Waals surface area contributed by atoms with Gasteiger partial charge in [-0.1, -0.05) is 24.3 Å². The van der Waals surface area contributed by atoms with Gasteiger partial charge in [0.2, 0.25) is 5.95 Å². The molecule has 0 unspecified atom stereocenters. The first-order valence-corrected chi connectivity index (χ1v) is 9.36. The molecule has 0 amide bonds. The molecule has 0 spiro atoms. The highest BCUT2D eigenvalue weighted by atomic mass is 16.5. The van der Waals surface area contributed by atoms with Crippen molar-refractivity contribution in [1.82, 2.24) is 9.97 Å². The van der Waals surface area contributed by atoms with Gasteiger partial charge in [0.25, 0.3) is 5.56 Å². The molecule has 0 bridgehead atoms. The summed E-state index contributed by atoms with van der Waals surface area (Å²) in [4.78, 5) is 18.2. The Morgan fingerprint density at radius 2 is 1.93 bits per heavy atom. The van der Waals surface area contributed by atoms with Crippen LogP contribution in [0.4, 0.5) is 5.95 Å². The second-order valence-electron chi connectivity index (χ2n) is 6.46. The number of nitrogens with one attached hydrogen (secondary N) is 2. The van der Waals surface area contributed by atoms with Crippen molar-refractivity contribution in [3.8, 4) is 11.5 Å². The number of H-pyrrole nitrogens is 1. The maximum absolute atomic E-state index is 11.5. The third-order valence-corrected chi connectivity index (χ3v) is 4.17. The number of benzene rings is 2. The van der Waals surface area contributed by atoms with E-state index in [1.165, 1.54) is 11.6 Å². The number of anilines is 1. The van der Waals surface area contributed by atoms with Crippen molar-refractivity contribution in [2.75, 3.05) is 12.0 Å². The van der Waals surface area contributed by atoms with E-state index in [0.717, 1.165) is 11.1 Å². The summed E-state index contributed by atoms with van der Waals surface area (Å²) in [5, 5.41) is 4.13. The largest absolute Gasteiger partial charge is 0.490 e. The Hall–Kier alpha value is -3.61. The first-order chi connectivity index (χ1) is 14.0. The molecule has 0 atom stereocenters. The Morgan fingerprint density at radius 1 is 1.10 bits per heavy atom. The third kappa shape index (κ3) is 5.68. The Morgan fingerprint density at radius 3 is 2.69 bits per heavy atom. The molecule has 29 heavy (non-hydrogen) atoms. The fourth-order valence-corrected chi connectivity index (χ4v) is 2.72. The van der Waals surface area contributed by atoms with Gasteiger partial charge >= 0.3 is 0 Å². The molecule has 7 nitrogen and oxygen atoms in total. The number of ether oxygens (including phenoxy) is 2. The highest BCUT2D eigenvalue weighted by Crippen LogP contribution is 2.29. The molecule has 0 saturated carbocycles. The van der Waals surface area contributed by atoms with Crippen LogP contribution in [-0.2, 0) is 6.61 Å². The molecule has 0 aliphatic carbocycles. The first kappa shape index (κ1) is 20.1. The van der Waals surface area contributed by atoms with Crippen molar-refractivity contribution in [3.05, 3.63) is 81.3 Å². The molecular formula is C22H24N4O3. The lowest BCUT2D eigenvalue weighted by molar-refractivity contribution is 0.269. The number of aromatic nitrogens is 2. The van der Waals surface area contributed by atoms with Crippen LogP contribution in [0.25, 0.3) is 0 Å². The Balaban J connectivity index is 1.71. The van der Waals surface area contributed by atoms with E-state index in [4.69, 9.17) is 9.47 Å². The minimum atomic E-state index is -0.232. The summed E-state index contributed by atoms with van der Waals surface area (Å²) in [5.41, 5.74) is 6.23. The standard InChI is InChI=1S/C22H24N4O3/c1-4-28-20-12-17(13-23-26-22-24-16(3)11-21(27)25-22)9-10-19(20)29-14-18-8-6-5-7-15(18)2/h5-13H,4,14H2,1-3H3,(H2,24,25,26,27)/b23-13+. The van der Waals surface area contributed by atoms with Crippen molar-refractivity contribution in [2.24, 2.45) is 5.10 Å². The zero-order valence-electron chi connectivity index (χ0n) is 16.7. The predicted octanol–water partition coefficient (Wildman–Crippen LogP) is 3.81. The lowest BCUT2D eigenvalue weighted by Gasteiger charge is -2.13. The molecular weight excluding hydrogens is 368 g/mol. The number of rotatable bonds is 8. The molecule has 1 aromatic heterocycles. The van der Waals surface area contributed by atoms with Crippen molar-refractivity contribution >= 4 is 12.2 Å². The van der Waals surface area contributed by atoms with Crippen LogP contribution < -0.4 is 20.5 Å². The van der Waals surface area contributed by atoms with E-state index in [2.05, 4.69) is 33.5 Å². The number of hydrogen-bond donors (Lipinski definition) is 2. The van der Waals surface area contributed by atoms with Gasteiger partial charge in [0.15, 0.2) is 11.5 Å². The van der Waals surface area contributed by atoms with Gasteiger partial charge in [-0.3, -0.25) is 9.78 Å². The summed E-state index contributed by atoms with van der Waals surface area (Å²) in [6.07, 6.45) is 1.62. The van der Waals surface area contributed by atoms with Crippen LogP contribution in [-0.4, -0.2) is 22.8 Å². The van der Waals surface area contributed by atoms with Gasteiger partial charge in [-0.05, 0) is 55.7 Å². The summed E-state index contributed by atoms with van der Waals surface area (Å²) >= 11 is 0. The van der Waals surface area contributed by atoms with Crippen LogP contribution in [0.3, 0.4) is 0 Å². The van der Waals surface area contributed by atoms with E-state index in [1.54, 1.807) is 13.1 Å². The zero-order chi connectivity index (χ0) is 20.6.